The van der Waals surface area contributed by atoms with Crippen molar-refractivity contribution in [1.29, 1.82) is 0 Å². The van der Waals surface area contributed by atoms with Crippen LogP contribution >= 0.6 is 0 Å². The van der Waals surface area contributed by atoms with Crippen molar-refractivity contribution in [3.8, 4) is 0 Å². The summed E-state index contributed by atoms with van der Waals surface area (Å²) < 4.78 is 15.5. The van der Waals surface area contributed by atoms with Gasteiger partial charge in [-0.2, -0.15) is 0 Å². The van der Waals surface area contributed by atoms with Gasteiger partial charge in [0.25, 0.3) is 6.48 Å². The molecule has 0 unspecified atom stereocenters. The third-order valence-corrected chi connectivity index (χ3v) is 1.25. The van der Waals surface area contributed by atoms with Crippen molar-refractivity contribution in [1.82, 2.24) is 0 Å². The molecule has 0 aliphatic carbocycles. The highest BCUT2D eigenvalue weighted by atomic mass is 16.8. The molecule has 0 saturated carbocycles. The predicted molar refractivity (Wildman–Crippen MR) is 36.6 cm³/mol. The van der Waals surface area contributed by atoms with Crippen LogP contribution in [0.3, 0.4) is 0 Å². The highest BCUT2D eigenvalue weighted by Gasteiger charge is 2.12. The van der Waals surface area contributed by atoms with E-state index in [9.17, 15) is 0 Å². The number of hydrogen-bond donors (Lipinski definition) is 0. The highest BCUT2D eigenvalue weighted by Crippen LogP contribution is 2.05. The zero-order valence-corrected chi connectivity index (χ0v) is 6.34. The van der Waals surface area contributed by atoms with Crippen LogP contribution in [-0.4, -0.2) is 26.3 Å². The first-order valence-corrected chi connectivity index (χ1v) is 3.78. The quantitative estimate of drug-likeness (QED) is 0.597. The first-order valence-electron chi connectivity index (χ1n) is 3.78. The van der Waals surface area contributed by atoms with Crippen molar-refractivity contribution in [2.45, 2.75) is 26.2 Å². The van der Waals surface area contributed by atoms with Gasteiger partial charge in [-0.15, -0.1) is 0 Å². The molecular formula is C7H14O3. The maximum absolute atomic E-state index is 5.19. The molecule has 0 bridgehead atoms. The monoisotopic (exact) mass is 146 g/mol. The summed E-state index contributed by atoms with van der Waals surface area (Å²) in [5.74, 6) is 0. The fraction of sp³-hybridized carbons (Fsp3) is 1.00. The normalized spacial score (nSPS) is 21.3. The summed E-state index contributed by atoms with van der Waals surface area (Å²) in [7, 11) is 0. The Bertz CT molecular complexity index is 78.9. The van der Waals surface area contributed by atoms with Crippen molar-refractivity contribution in [3.05, 3.63) is 0 Å². The van der Waals surface area contributed by atoms with Gasteiger partial charge in [0.1, 0.15) is 0 Å². The Labute approximate surface area is 61.3 Å². The number of rotatable bonds is 3. The second-order valence-corrected chi connectivity index (χ2v) is 2.25. The third kappa shape index (κ3) is 2.64. The minimum absolute atomic E-state index is 0.395. The summed E-state index contributed by atoms with van der Waals surface area (Å²) in [5.41, 5.74) is 0. The van der Waals surface area contributed by atoms with Crippen molar-refractivity contribution in [3.63, 3.8) is 0 Å². The molecule has 3 nitrogen and oxygen atoms in total. The van der Waals surface area contributed by atoms with Gasteiger partial charge in [0, 0.05) is 0 Å². The fourth-order valence-electron chi connectivity index (χ4n) is 0.776. The van der Waals surface area contributed by atoms with Gasteiger partial charge in [0.2, 0.25) is 0 Å². The Morgan fingerprint density at radius 1 is 1.40 bits per heavy atom. The van der Waals surface area contributed by atoms with Crippen LogP contribution in [0.25, 0.3) is 0 Å². The van der Waals surface area contributed by atoms with Crippen molar-refractivity contribution in [2.75, 3.05) is 19.8 Å². The van der Waals surface area contributed by atoms with Gasteiger partial charge in [0.15, 0.2) is 0 Å². The molecule has 1 saturated heterocycles. The second-order valence-electron chi connectivity index (χ2n) is 2.25. The second kappa shape index (κ2) is 4.66. The topological polar surface area (TPSA) is 27.7 Å². The van der Waals surface area contributed by atoms with Gasteiger partial charge in [-0.05, 0) is 12.8 Å². The Morgan fingerprint density at radius 3 is 2.70 bits per heavy atom. The number of hydrogen-bond acceptors (Lipinski definition) is 3. The van der Waals surface area contributed by atoms with Crippen molar-refractivity contribution in [2.24, 2.45) is 0 Å². The zero-order valence-electron chi connectivity index (χ0n) is 6.34. The van der Waals surface area contributed by atoms with Gasteiger partial charge in [-0.1, -0.05) is 6.92 Å². The van der Waals surface area contributed by atoms with Crippen LogP contribution < -0.4 is 0 Å². The standard InChI is InChI=1S/C7H14O3/c1-2-4-8-7-9-5-3-6-10-7/h7H,2-6H2,1H3. The van der Waals surface area contributed by atoms with E-state index in [0.717, 1.165) is 26.1 Å². The molecule has 0 spiro atoms. The molecule has 0 radical (unpaired) electrons. The van der Waals surface area contributed by atoms with E-state index in [1.54, 1.807) is 0 Å². The van der Waals surface area contributed by atoms with E-state index in [1.165, 1.54) is 0 Å². The fourth-order valence-corrected chi connectivity index (χ4v) is 0.776. The van der Waals surface area contributed by atoms with E-state index in [1.807, 2.05) is 0 Å². The molecular weight excluding hydrogens is 132 g/mol. The lowest BCUT2D eigenvalue weighted by atomic mass is 10.5. The molecule has 0 aromatic heterocycles. The molecule has 0 atom stereocenters. The maximum Gasteiger partial charge on any atom is 0.271 e. The first-order chi connectivity index (χ1) is 4.93. The van der Waals surface area contributed by atoms with E-state index >= 15 is 0 Å². The first kappa shape index (κ1) is 7.98. The molecule has 1 aliphatic heterocycles. The SMILES string of the molecule is CCCOC1OCCCO1. The number of ether oxygens (including phenoxy) is 3. The lowest BCUT2D eigenvalue weighted by molar-refractivity contribution is -0.309. The van der Waals surface area contributed by atoms with E-state index in [2.05, 4.69) is 6.92 Å². The molecule has 3 heteroatoms. The van der Waals surface area contributed by atoms with Crippen LogP contribution in [0.4, 0.5) is 0 Å². The van der Waals surface area contributed by atoms with Crippen LogP contribution in [0.15, 0.2) is 0 Å². The van der Waals surface area contributed by atoms with Gasteiger partial charge in [0.05, 0.1) is 19.8 Å². The summed E-state index contributed by atoms with van der Waals surface area (Å²) in [5, 5.41) is 0. The lowest BCUT2D eigenvalue weighted by Crippen LogP contribution is -2.27. The Kier molecular flexibility index (Phi) is 3.72. The predicted octanol–water partition coefficient (Wildman–Crippen LogP) is 1.13. The molecule has 1 fully saturated rings. The van der Waals surface area contributed by atoms with E-state index in [0.29, 0.717) is 6.61 Å². The van der Waals surface area contributed by atoms with Crippen molar-refractivity contribution < 1.29 is 14.2 Å². The van der Waals surface area contributed by atoms with Gasteiger partial charge >= 0.3 is 0 Å². The Balaban J connectivity index is 2.02. The lowest BCUT2D eigenvalue weighted by Gasteiger charge is -2.22. The summed E-state index contributed by atoms with van der Waals surface area (Å²) in [4.78, 5) is 0. The summed E-state index contributed by atoms with van der Waals surface area (Å²) >= 11 is 0. The largest absolute Gasteiger partial charge is 0.330 e. The molecule has 1 heterocycles. The van der Waals surface area contributed by atoms with Crippen LogP contribution in [0.2, 0.25) is 0 Å². The molecule has 60 valence electrons. The average Bonchev–Trinajstić information content (AvgIpc) is 2.03. The van der Waals surface area contributed by atoms with Gasteiger partial charge in [-0.3, -0.25) is 0 Å². The van der Waals surface area contributed by atoms with Crippen LogP contribution in [0.5, 0.6) is 0 Å². The minimum Gasteiger partial charge on any atom is -0.330 e. The Morgan fingerprint density at radius 2 is 2.10 bits per heavy atom. The summed E-state index contributed by atoms with van der Waals surface area (Å²) in [6.45, 7) is 3.89. The molecule has 1 aliphatic rings. The molecule has 0 aromatic rings. The zero-order chi connectivity index (χ0) is 7.23. The van der Waals surface area contributed by atoms with E-state index < -0.39 is 6.48 Å². The van der Waals surface area contributed by atoms with E-state index in [-0.39, 0.29) is 0 Å². The van der Waals surface area contributed by atoms with Crippen LogP contribution in [0.1, 0.15) is 19.8 Å². The molecule has 0 amide bonds. The highest BCUT2D eigenvalue weighted by molar-refractivity contribution is 4.41. The minimum atomic E-state index is -0.395. The smallest absolute Gasteiger partial charge is 0.271 e. The summed E-state index contributed by atoms with van der Waals surface area (Å²) in [6, 6.07) is 0. The molecule has 1 rings (SSSR count). The summed E-state index contributed by atoms with van der Waals surface area (Å²) in [6.07, 6.45) is 1.98. The van der Waals surface area contributed by atoms with Gasteiger partial charge < -0.3 is 14.2 Å². The van der Waals surface area contributed by atoms with Crippen LogP contribution in [-0.2, 0) is 14.2 Å². The van der Waals surface area contributed by atoms with Crippen LogP contribution in [0, 0.1) is 0 Å². The molecule has 0 aromatic carbocycles. The third-order valence-electron chi connectivity index (χ3n) is 1.25. The average molecular weight is 146 g/mol. The molecule has 0 N–H and O–H groups in total. The van der Waals surface area contributed by atoms with Gasteiger partial charge in [-0.25, -0.2) is 0 Å². The maximum atomic E-state index is 5.19. The van der Waals surface area contributed by atoms with E-state index in [4.69, 9.17) is 14.2 Å². The Hall–Kier alpha value is -0.120. The van der Waals surface area contributed by atoms with Crippen molar-refractivity contribution >= 4 is 0 Å². The molecule has 10 heavy (non-hydrogen) atoms.